The predicted octanol–water partition coefficient (Wildman–Crippen LogP) is 2.30. The van der Waals surface area contributed by atoms with Gasteiger partial charge < -0.3 is 4.98 Å². The summed E-state index contributed by atoms with van der Waals surface area (Å²) in [7, 11) is 0. The van der Waals surface area contributed by atoms with Crippen LogP contribution in [0.5, 0.6) is 0 Å². The predicted molar refractivity (Wildman–Crippen MR) is 54.9 cm³/mol. The highest BCUT2D eigenvalue weighted by Crippen LogP contribution is 2.33. The molecule has 2 aromatic heterocycles. The summed E-state index contributed by atoms with van der Waals surface area (Å²) in [5.74, 6) is 0.186. The first-order chi connectivity index (χ1) is 7.79. The van der Waals surface area contributed by atoms with Crippen molar-refractivity contribution in [1.29, 1.82) is 0 Å². The van der Waals surface area contributed by atoms with Crippen molar-refractivity contribution in [2.75, 3.05) is 0 Å². The van der Waals surface area contributed by atoms with E-state index in [0.717, 1.165) is 6.07 Å². The number of fused-ring (bicyclic) bond motifs is 1. The highest BCUT2D eigenvalue weighted by molar-refractivity contribution is 6.31. The lowest BCUT2D eigenvalue weighted by Gasteiger charge is -2.08. The number of aromatic nitrogens is 3. The number of aryl methyl sites for hydroxylation is 1. The van der Waals surface area contributed by atoms with Crippen molar-refractivity contribution in [3.63, 3.8) is 0 Å². The average molecular weight is 264 g/mol. The van der Waals surface area contributed by atoms with Gasteiger partial charge in [-0.2, -0.15) is 13.2 Å². The van der Waals surface area contributed by atoms with Gasteiger partial charge in [-0.05, 0) is 13.0 Å². The molecule has 90 valence electrons. The normalized spacial score (nSPS) is 12.1. The molecule has 0 aliphatic heterocycles. The van der Waals surface area contributed by atoms with Crippen molar-refractivity contribution in [2.45, 2.75) is 13.1 Å². The highest BCUT2D eigenvalue weighted by Gasteiger charge is 2.35. The summed E-state index contributed by atoms with van der Waals surface area (Å²) in [6, 6.07) is 0.915. The van der Waals surface area contributed by atoms with E-state index in [1.54, 1.807) is 0 Å². The van der Waals surface area contributed by atoms with Crippen molar-refractivity contribution < 1.29 is 13.2 Å². The lowest BCUT2D eigenvalue weighted by atomic mass is 10.2. The van der Waals surface area contributed by atoms with Crippen LogP contribution in [-0.4, -0.2) is 15.0 Å². The van der Waals surface area contributed by atoms with Gasteiger partial charge in [-0.25, -0.2) is 9.97 Å². The van der Waals surface area contributed by atoms with Gasteiger partial charge >= 0.3 is 6.18 Å². The van der Waals surface area contributed by atoms with E-state index < -0.39 is 22.5 Å². The standard InChI is InChI=1S/C9H5ClF3N3O/c1-3-14-7-4(8(17)15-3)2-5(10)6(16-7)9(11,12)13/h2H,1H3,(H,14,15,16,17). The molecule has 0 radical (unpaired) electrons. The summed E-state index contributed by atoms with van der Waals surface area (Å²) in [4.78, 5) is 20.8. The van der Waals surface area contributed by atoms with Crippen LogP contribution in [0.4, 0.5) is 13.2 Å². The van der Waals surface area contributed by atoms with Crippen molar-refractivity contribution in [3.05, 3.63) is 33.0 Å². The molecule has 0 amide bonds. The summed E-state index contributed by atoms with van der Waals surface area (Å²) < 4.78 is 37.6. The van der Waals surface area contributed by atoms with Gasteiger partial charge in [0.05, 0.1) is 10.4 Å². The number of hydrogen-bond donors (Lipinski definition) is 1. The monoisotopic (exact) mass is 263 g/mol. The lowest BCUT2D eigenvalue weighted by molar-refractivity contribution is -0.140. The van der Waals surface area contributed by atoms with Crippen LogP contribution in [0.15, 0.2) is 10.9 Å². The van der Waals surface area contributed by atoms with E-state index >= 15 is 0 Å². The molecule has 2 rings (SSSR count). The van der Waals surface area contributed by atoms with Crippen LogP contribution in [0, 0.1) is 6.92 Å². The molecule has 0 bridgehead atoms. The van der Waals surface area contributed by atoms with Crippen LogP contribution in [0.3, 0.4) is 0 Å². The van der Waals surface area contributed by atoms with E-state index in [2.05, 4.69) is 15.0 Å². The van der Waals surface area contributed by atoms with Gasteiger partial charge in [-0.3, -0.25) is 4.79 Å². The molecule has 0 aliphatic carbocycles. The Morgan fingerprint density at radius 3 is 2.59 bits per heavy atom. The van der Waals surface area contributed by atoms with E-state index in [0.29, 0.717) is 0 Å². The van der Waals surface area contributed by atoms with Gasteiger partial charge in [0.2, 0.25) is 0 Å². The summed E-state index contributed by atoms with van der Waals surface area (Å²) >= 11 is 5.44. The third kappa shape index (κ3) is 2.10. The molecule has 8 heteroatoms. The Hall–Kier alpha value is -1.63. The second-order valence-corrected chi connectivity index (χ2v) is 3.75. The lowest BCUT2D eigenvalue weighted by Crippen LogP contribution is -2.14. The number of halogens is 4. The zero-order chi connectivity index (χ0) is 12.8. The quantitative estimate of drug-likeness (QED) is 0.793. The number of aromatic amines is 1. The summed E-state index contributed by atoms with van der Waals surface area (Å²) in [6.07, 6.45) is -4.68. The fraction of sp³-hybridized carbons (Fsp3) is 0.222. The van der Waals surface area contributed by atoms with Crippen LogP contribution in [0.25, 0.3) is 11.0 Å². The molecule has 0 saturated carbocycles. The van der Waals surface area contributed by atoms with E-state index in [4.69, 9.17) is 11.6 Å². The minimum atomic E-state index is -4.68. The van der Waals surface area contributed by atoms with Crippen LogP contribution >= 0.6 is 11.6 Å². The minimum absolute atomic E-state index is 0.0754. The first kappa shape index (κ1) is 11.8. The van der Waals surface area contributed by atoms with Gasteiger partial charge in [-0.15, -0.1) is 0 Å². The summed E-state index contributed by atoms with van der Waals surface area (Å²) in [5, 5.41) is -0.699. The fourth-order valence-corrected chi connectivity index (χ4v) is 1.61. The van der Waals surface area contributed by atoms with Crippen molar-refractivity contribution in [2.24, 2.45) is 0 Å². The van der Waals surface area contributed by atoms with E-state index in [1.807, 2.05) is 0 Å². The summed E-state index contributed by atoms with van der Waals surface area (Å²) in [6.45, 7) is 1.45. The Bertz CT molecular complexity index is 650. The Kier molecular flexibility index (Phi) is 2.57. The molecule has 2 aromatic rings. The maximum Gasteiger partial charge on any atom is 0.434 e. The number of rotatable bonds is 0. The molecular weight excluding hydrogens is 259 g/mol. The first-order valence-corrected chi connectivity index (χ1v) is 4.81. The molecule has 0 aliphatic rings. The number of alkyl halides is 3. The number of pyridine rings is 1. The van der Waals surface area contributed by atoms with Gasteiger partial charge in [0.15, 0.2) is 11.3 Å². The Morgan fingerprint density at radius 2 is 2.00 bits per heavy atom. The SMILES string of the molecule is Cc1nc2nc(C(F)(F)F)c(Cl)cc2c(=O)[nH]1. The number of nitrogens with one attached hydrogen (secondary N) is 1. The zero-order valence-electron chi connectivity index (χ0n) is 8.39. The molecule has 0 saturated heterocycles. The maximum absolute atomic E-state index is 12.5. The number of nitrogens with zero attached hydrogens (tertiary/aromatic N) is 2. The Morgan fingerprint density at radius 1 is 1.35 bits per heavy atom. The van der Waals surface area contributed by atoms with Gasteiger partial charge in [-0.1, -0.05) is 11.6 Å². The van der Waals surface area contributed by atoms with Gasteiger partial charge in [0.25, 0.3) is 5.56 Å². The molecule has 2 heterocycles. The second kappa shape index (κ2) is 3.69. The number of hydrogen-bond acceptors (Lipinski definition) is 3. The van der Waals surface area contributed by atoms with Gasteiger partial charge in [0, 0.05) is 0 Å². The molecule has 0 aromatic carbocycles. The summed E-state index contributed by atoms with van der Waals surface area (Å²) in [5.41, 5.74) is -2.09. The van der Waals surface area contributed by atoms with Crippen LogP contribution < -0.4 is 5.56 Å². The van der Waals surface area contributed by atoms with Crippen LogP contribution in [0.1, 0.15) is 11.5 Å². The fourth-order valence-electron chi connectivity index (χ4n) is 1.35. The molecule has 17 heavy (non-hydrogen) atoms. The third-order valence-electron chi connectivity index (χ3n) is 2.04. The average Bonchev–Trinajstić information content (AvgIpc) is 2.16. The molecule has 0 atom stereocenters. The van der Waals surface area contributed by atoms with Crippen LogP contribution in [-0.2, 0) is 6.18 Å². The molecule has 1 N–H and O–H groups in total. The topological polar surface area (TPSA) is 58.6 Å². The van der Waals surface area contributed by atoms with Crippen molar-refractivity contribution in [3.8, 4) is 0 Å². The maximum atomic E-state index is 12.5. The molecule has 0 unspecified atom stereocenters. The van der Waals surface area contributed by atoms with E-state index in [1.165, 1.54) is 6.92 Å². The highest BCUT2D eigenvalue weighted by atomic mass is 35.5. The zero-order valence-corrected chi connectivity index (χ0v) is 9.15. The smallest absolute Gasteiger partial charge is 0.310 e. The third-order valence-corrected chi connectivity index (χ3v) is 2.33. The number of H-pyrrole nitrogens is 1. The minimum Gasteiger partial charge on any atom is -0.310 e. The Labute approximate surface area is 97.5 Å². The molecule has 0 spiro atoms. The van der Waals surface area contributed by atoms with E-state index in [9.17, 15) is 18.0 Å². The largest absolute Gasteiger partial charge is 0.434 e. The van der Waals surface area contributed by atoms with Gasteiger partial charge in [0.1, 0.15) is 5.82 Å². The van der Waals surface area contributed by atoms with Crippen molar-refractivity contribution >= 4 is 22.6 Å². The van der Waals surface area contributed by atoms with Crippen molar-refractivity contribution in [1.82, 2.24) is 15.0 Å². The molecule has 4 nitrogen and oxygen atoms in total. The molecule has 0 fully saturated rings. The first-order valence-electron chi connectivity index (χ1n) is 4.43. The van der Waals surface area contributed by atoms with Crippen LogP contribution in [0.2, 0.25) is 5.02 Å². The van der Waals surface area contributed by atoms with E-state index in [-0.39, 0.29) is 16.9 Å². The second-order valence-electron chi connectivity index (χ2n) is 3.34. The Balaban J connectivity index is 2.86. The molecular formula is C9H5ClF3N3O.